The van der Waals surface area contributed by atoms with Crippen molar-refractivity contribution < 1.29 is 14.0 Å². The third-order valence-electron chi connectivity index (χ3n) is 9.55. The molecule has 0 aliphatic carbocycles. The summed E-state index contributed by atoms with van der Waals surface area (Å²) >= 11 is 13.1. The summed E-state index contributed by atoms with van der Waals surface area (Å²) in [5.41, 5.74) is 6.55. The molecule has 250 valence electrons. The second-order valence-corrected chi connectivity index (χ2v) is 13.9. The summed E-state index contributed by atoms with van der Waals surface area (Å²) in [4.78, 5) is 2.47. The molecule has 2 aromatic rings. The molecule has 4 rings (SSSR count). The zero-order valence-corrected chi connectivity index (χ0v) is 29.8. The fourth-order valence-corrected chi connectivity index (χ4v) is 7.27. The number of benzene rings is 2. The fourth-order valence-electron chi connectivity index (χ4n) is 6.90. The van der Waals surface area contributed by atoms with Gasteiger partial charge in [0.25, 0.3) is 0 Å². The van der Waals surface area contributed by atoms with Crippen molar-refractivity contribution in [3.8, 4) is 5.75 Å². The lowest BCUT2D eigenvalue weighted by molar-refractivity contribution is -0.545. The van der Waals surface area contributed by atoms with Crippen LogP contribution in [0.3, 0.4) is 0 Å². The first-order valence-electron chi connectivity index (χ1n) is 18.3. The number of nitrogens with zero attached hydrogens (tertiary/aromatic N) is 2. The monoisotopic (exact) mass is 657 g/mol. The lowest BCUT2D eigenvalue weighted by Crippen LogP contribution is -2.37. The summed E-state index contributed by atoms with van der Waals surface area (Å²) in [5, 5.41) is 1.53. The van der Waals surface area contributed by atoms with Gasteiger partial charge < -0.3 is 14.4 Å². The molecule has 0 N–H and O–H groups in total. The first kappa shape index (κ1) is 36.1. The van der Waals surface area contributed by atoms with E-state index < -0.39 is 0 Å². The van der Waals surface area contributed by atoms with E-state index in [1.165, 1.54) is 112 Å². The van der Waals surface area contributed by atoms with Crippen LogP contribution in [0.2, 0.25) is 10.0 Å². The van der Waals surface area contributed by atoms with Gasteiger partial charge in [-0.2, -0.15) is 0 Å². The van der Waals surface area contributed by atoms with Gasteiger partial charge in [0.15, 0.2) is 12.3 Å². The summed E-state index contributed by atoms with van der Waals surface area (Å²) in [7, 11) is 0. The molecule has 45 heavy (non-hydrogen) atoms. The largest absolute Gasteiger partial charge is 0.491 e. The number of hydrogen-bond acceptors (Lipinski definition) is 3. The molecular weight excluding hydrogens is 599 g/mol. The van der Waals surface area contributed by atoms with Crippen molar-refractivity contribution in [2.45, 2.75) is 130 Å². The van der Waals surface area contributed by atoms with Crippen LogP contribution in [0.4, 0.5) is 5.69 Å². The third-order valence-corrected chi connectivity index (χ3v) is 10.2. The first-order valence-corrected chi connectivity index (χ1v) is 19.0. The predicted molar refractivity (Wildman–Crippen MR) is 193 cm³/mol. The van der Waals surface area contributed by atoms with E-state index in [-0.39, 0.29) is 0 Å². The minimum atomic E-state index is 0.743. The van der Waals surface area contributed by atoms with E-state index in [4.69, 9.17) is 32.7 Å². The zero-order chi connectivity index (χ0) is 31.7. The molecular formula is C39H59Cl2N2O2+. The van der Waals surface area contributed by atoms with Gasteiger partial charge in [-0.3, -0.25) is 0 Å². The molecule has 0 saturated carbocycles. The van der Waals surface area contributed by atoms with Gasteiger partial charge in [-0.05, 0) is 43.2 Å². The quantitative estimate of drug-likeness (QED) is 0.0986. The van der Waals surface area contributed by atoms with Gasteiger partial charge >= 0.3 is 0 Å². The summed E-state index contributed by atoms with van der Waals surface area (Å²) in [5.74, 6) is 1.12. The van der Waals surface area contributed by atoms with Crippen LogP contribution in [-0.2, 0) is 17.7 Å². The van der Waals surface area contributed by atoms with Crippen LogP contribution in [0.15, 0.2) is 30.3 Å². The van der Waals surface area contributed by atoms with E-state index in [9.17, 15) is 0 Å². The summed E-state index contributed by atoms with van der Waals surface area (Å²) in [6, 6.07) is 10.6. The van der Waals surface area contributed by atoms with Gasteiger partial charge in [0.2, 0.25) is 0 Å². The smallest absolute Gasteiger partial charge is 0.184 e. The van der Waals surface area contributed by atoms with Crippen molar-refractivity contribution >= 4 is 34.6 Å². The van der Waals surface area contributed by atoms with Crippen LogP contribution in [0.25, 0.3) is 0 Å². The minimum Gasteiger partial charge on any atom is -0.491 e. The number of ether oxygens (including phenoxy) is 2. The maximum Gasteiger partial charge on any atom is 0.184 e. The second kappa shape index (κ2) is 20.5. The van der Waals surface area contributed by atoms with Gasteiger partial charge in [0, 0.05) is 47.6 Å². The number of rotatable bonds is 21. The number of hydrogen-bond donors (Lipinski definition) is 0. The molecule has 0 amide bonds. The molecule has 4 nitrogen and oxygen atoms in total. The highest BCUT2D eigenvalue weighted by Crippen LogP contribution is 2.38. The molecule has 0 aromatic heterocycles. The molecule has 0 atom stereocenters. The van der Waals surface area contributed by atoms with Crippen molar-refractivity contribution in [3.63, 3.8) is 0 Å². The molecule has 2 aromatic carbocycles. The van der Waals surface area contributed by atoms with Crippen LogP contribution < -0.4 is 9.64 Å². The van der Waals surface area contributed by atoms with Gasteiger partial charge in [-0.25, -0.2) is 4.58 Å². The summed E-state index contributed by atoms with van der Waals surface area (Å²) in [6.07, 6.45) is 21.7. The Morgan fingerprint density at radius 2 is 1.42 bits per heavy atom. The number of fused-ring (bicyclic) bond motifs is 1. The van der Waals surface area contributed by atoms with Crippen molar-refractivity contribution in [2.75, 3.05) is 44.4 Å². The van der Waals surface area contributed by atoms with Gasteiger partial charge in [-0.15, -0.1) is 0 Å². The highest BCUT2D eigenvalue weighted by Gasteiger charge is 2.31. The number of unbranched alkanes of at least 4 members (excludes halogenated alkanes) is 13. The van der Waals surface area contributed by atoms with Crippen LogP contribution >= 0.6 is 23.2 Å². The molecule has 1 saturated heterocycles. The Hall–Kier alpha value is -1.75. The van der Waals surface area contributed by atoms with Crippen molar-refractivity contribution in [1.29, 1.82) is 0 Å². The fraction of sp³-hybridized carbons (Fsp3) is 0.667. The van der Waals surface area contributed by atoms with Gasteiger partial charge in [0.1, 0.15) is 12.3 Å². The molecule has 2 aliphatic heterocycles. The van der Waals surface area contributed by atoms with Crippen molar-refractivity contribution in [2.24, 2.45) is 0 Å². The highest BCUT2D eigenvalue weighted by molar-refractivity contribution is 6.33. The molecule has 6 heteroatoms. The Labute approximate surface area is 284 Å². The average Bonchev–Trinajstić information content (AvgIpc) is 3.06. The van der Waals surface area contributed by atoms with Crippen LogP contribution in [-0.4, -0.2) is 49.7 Å². The Bertz CT molecular complexity index is 1190. The lowest BCUT2D eigenvalue weighted by atomic mass is 9.91. The maximum atomic E-state index is 6.78. The molecule has 0 radical (unpaired) electrons. The Balaban J connectivity index is 1.55. The van der Waals surface area contributed by atoms with Crippen LogP contribution in [0.5, 0.6) is 5.75 Å². The Morgan fingerprint density at radius 3 is 2.11 bits per heavy atom. The summed E-state index contributed by atoms with van der Waals surface area (Å²) in [6.45, 7) is 10.5. The van der Waals surface area contributed by atoms with E-state index in [0.717, 1.165) is 86.6 Å². The van der Waals surface area contributed by atoms with Crippen molar-refractivity contribution in [1.82, 2.24) is 0 Å². The number of anilines is 1. The molecule has 1 fully saturated rings. The van der Waals surface area contributed by atoms with E-state index in [2.05, 4.69) is 35.5 Å². The van der Waals surface area contributed by atoms with Crippen LogP contribution in [0, 0.1) is 0 Å². The second-order valence-electron chi connectivity index (χ2n) is 13.1. The average molecular weight is 659 g/mol. The van der Waals surface area contributed by atoms with E-state index in [1.54, 1.807) is 0 Å². The van der Waals surface area contributed by atoms with E-state index in [1.807, 2.05) is 18.2 Å². The van der Waals surface area contributed by atoms with Gasteiger partial charge in [-0.1, -0.05) is 121 Å². The SMILES string of the molecule is CCCCCCCCCCCC1=[N+](Cc2cc(Cl)ccc2Cl)CCc2c1ccc(N1CCOCC1)c2OCCCCCCCC. The van der Waals surface area contributed by atoms with E-state index >= 15 is 0 Å². The maximum absolute atomic E-state index is 6.78. The molecule has 2 aliphatic rings. The number of morpholine rings is 1. The molecule has 2 heterocycles. The van der Waals surface area contributed by atoms with Crippen molar-refractivity contribution in [3.05, 3.63) is 57.1 Å². The predicted octanol–water partition coefficient (Wildman–Crippen LogP) is 11.0. The standard InChI is InChI=1S/C39H59Cl2N2O2/c1-3-5-7-9-11-12-13-14-16-18-37-34-20-22-38(42-25-28-44-29-26-42)39(45-27-17-15-10-8-6-4-2)35(34)23-24-43(37)31-32-30-33(40)19-21-36(32)41/h19-22,30H,3-18,23-29,31H2,1-2H3/q+1. The first-order chi connectivity index (χ1) is 22.1. The number of halogens is 2. The topological polar surface area (TPSA) is 24.7 Å². The third kappa shape index (κ3) is 11.5. The Kier molecular flexibility index (Phi) is 16.4. The van der Waals surface area contributed by atoms with E-state index in [0.29, 0.717) is 0 Å². The normalized spacial score (nSPS) is 15.1. The zero-order valence-electron chi connectivity index (χ0n) is 28.3. The van der Waals surface area contributed by atoms with Gasteiger partial charge in [0.05, 0.1) is 30.5 Å². The molecule has 0 unspecified atom stereocenters. The molecule has 0 bridgehead atoms. The van der Waals surface area contributed by atoms with Crippen LogP contribution in [0.1, 0.15) is 133 Å². The molecule has 0 spiro atoms. The highest BCUT2D eigenvalue weighted by atomic mass is 35.5. The Morgan fingerprint density at radius 1 is 0.778 bits per heavy atom. The lowest BCUT2D eigenvalue weighted by Gasteiger charge is -2.32. The minimum absolute atomic E-state index is 0.743. The summed E-state index contributed by atoms with van der Waals surface area (Å²) < 4.78 is 15.1.